The van der Waals surface area contributed by atoms with Gasteiger partial charge in [0.1, 0.15) is 13.2 Å². The number of carboxylic acids is 1. The SMILES string of the molecule is O=C(O)CC1(CNC(=O)COCC(F)(F)F)CCC1. The molecule has 19 heavy (non-hydrogen) atoms. The smallest absolute Gasteiger partial charge is 0.411 e. The van der Waals surface area contributed by atoms with Crippen molar-refractivity contribution in [3.63, 3.8) is 0 Å². The van der Waals surface area contributed by atoms with Gasteiger partial charge < -0.3 is 15.2 Å². The molecule has 0 aliphatic heterocycles. The topological polar surface area (TPSA) is 75.6 Å². The van der Waals surface area contributed by atoms with Crippen LogP contribution in [0.15, 0.2) is 0 Å². The summed E-state index contributed by atoms with van der Waals surface area (Å²) in [4.78, 5) is 21.9. The third-order valence-corrected chi connectivity index (χ3v) is 3.10. The zero-order chi connectivity index (χ0) is 14.5. The Balaban J connectivity index is 2.24. The molecule has 0 atom stereocenters. The van der Waals surface area contributed by atoms with E-state index in [9.17, 15) is 22.8 Å². The highest BCUT2D eigenvalue weighted by Gasteiger charge is 2.39. The van der Waals surface area contributed by atoms with Crippen LogP contribution in [0.4, 0.5) is 13.2 Å². The number of amides is 1. The van der Waals surface area contributed by atoms with Crippen molar-refractivity contribution in [2.45, 2.75) is 31.9 Å². The van der Waals surface area contributed by atoms with Crippen molar-refractivity contribution in [1.29, 1.82) is 0 Å². The summed E-state index contributed by atoms with van der Waals surface area (Å²) in [6.45, 7) is -1.99. The van der Waals surface area contributed by atoms with Gasteiger partial charge in [0, 0.05) is 6.54 Å². The van der Waals surface area contributed by atoms with Crippen LogP contribution in [-0.4, -0.2) is 42.9 Å². The second kappa shape index (κ2) is 6.23. The molecule has 2 N–H and O–H groups in total. The van der Waals surface area contributed by atoms with E-state index >= 15 is 0 Å². The first-order valence-corrected chi connectivity index (χ1v) is 5.85. The number of alkyl halides is 3. The predicted octanol–water partition coefficient (Wildman–Crippen LogP) is 1.33. The molecule has 0 unspecified atom stereocenters. The number of halogens is 3. The van der Waals surface area contributed by atoms with Crippen LogP contribution in [-0.2, 0) is 14.3 Å². The Labute approximate surface area is 108 Å². The van der Waals surface area contributed by atoms with Gasteiger partial charge in [0.25, 0.3) is 0 Å². The number of carboxylic acid groups (broad SMARTS) is 1. The molecule has 0 aromatic rings. The monoisotopic (exact) mass is 283 g/mol. The molecule has 1 amide bonds. The lowest BCUT2D eigenvalue weighted by molar-refractivity contribution is -0.175. The maximum absolute atomic E-state index is 11.8. The molecule has 0 spiro atoms. The van der Waals surface area contributed by atoms with Crippen LogP contribution >= 0.6 is 0 Å². The normalized spacial score (nSPS) is 17.6. The minimum absolute atomic E-state index is 0.0450. The van der Waals surface area contributed by atoms with Gasteiger partial charge in [0.05, 0.1) is 6.42 Å². The maximum atomic E-state index is 11.8. The van der Waals surface area contributed by atoms with Crippen LogP contribution < -0.4 is 5.32 Å². The third-order valence-electron chi connectivity index (χ3n) is 3.10. The van der Waals surface area contributed by atoms with Crippen LogP contribution in [0.25, 0.3) is 0 Å². The minimum Gasteiger partial charge on any atom is -0.481 e. The molecule has 0 aromatic heterocycles. The molecule has 0 aromatic carbocycles. The van der Waals surface area contributed by atoms with Crippen molar-refractivity contribution >= 4 is 11.9 Å². The van der Waals surface area contributed by atoms with Gasteiger partial charge >= 0.3 is 12.1 Å². The van der Waals surface area contributed by atoms with Gasteiger partial charge in [-0.15, -0.1) is 0 Å². The molecule has 0 heterocycles. The first kappa shape index (κ1) is 15.7. The van der Waals surface area contributed by atoms with Gasteiger partial charge in [0.2, 0.25) is 5.91 Å². The maximum Gasteiger partial charge on any atom is 0.411 e. The van der Waals surface area contributed by atoms with Crippen molar-refractivity contribution < 1.29 is 32.6 Å². The lowest BCUT2D eigenvalue weighted by Crippen LogP contribution is -2.44. The van der Waals surface area contributed by atoms with E-state index in [1.165, 1.54) is 0 Å². The van der Waals surface area contributed by atoms with E-state index in [1.54, 1.807) is 0 Å². The molecular weight excluding hydrogens is 267 g/mol. The lowest BCUT2D eigenvalue weighted by Gasteiger charge is -2.40. The Morgan fingerprint density at radius 1 is 1.32 bits per heavy atom. The largest absolute Gasteiger partial charge is 0.481 e. The molecule has 0 bridgehead atoms. The Kier molecular flexibility index (Phi) is 5.16. The fraction of sp³-hybridized carbons (Fsp3) is 0.818. The molecule has 5 nitrogen and oxygen atoms in total. The Morgan fingerprint density at radius 2 is 1.95 bits per heavy atom. The molecule has 1 aliphatic carbocycles. The van der Waals surface area contributed by atoms with E-state index < -0.39 is 36.7 Å². The van der Waals surface area contributed by atoms with Gasteiger partial charge in [-0.1, -0.05) is 6.42 Å². The number of carbonyl (C=O) groups is 2. The molecule has 1 saturated carbocycles. The highest BCUT2D eigenvalue weighted by molar-refractivity contribution is 5.77. The zero-order valence-electron chi connectivity index (χ0n) is 10.3. The molecule has 0 saturated heterocycles. The molecule has 110 valence electrons. The Morgan fingerprint density at radius 3 is 2.37 bits per heavy atom. The van der Waals surface area contributed by atoms with E-state index in [1.807, 2.05) is 0 Å². The average Bonchev–Trinajstić information content (AvgIpc) is 2.19. The summed E-state index contributed by atoms with van der Waals surface area (Å²) >= 11 is 0. The number of ether oxygens (including phenoxy) is 1. The molecule has 8 heteroatoms. The highest BCUT2D eigenvalue weighted by atomic mass is 19.4. The summed E-state index contributed by atoms with van der Waals surface area (Å²) in [5.74, 6) is -1.61. The van der Waals surface area contributed by atoms with Gasteiger partial charge in [-0.3, -0.25) is 9.59 Å². The second-order valence-electron chi connectivity index (χ2n) is 4.81. The minimum atomic E-state index is -4.46. The van der Waals surface area contributed by atoms with Crippen molar-refractivity contribution in [3.8, 4) is 0 Å². The van der Waals surface area contributed by atoms with E-state index in [2.05, 4.69) is 10.1 Å². The zero-order valence-corrected chi connectivity index (χ0v) is 10.3. The number of nitrogens with one attached hydrogen (secondary N) is 1. The number of rotatable bonds is 7. The van der Waals surface area contributed by atoms with Crippen LogP contribution in [0.5, 0.6) is 0 Å². The highest BCUT2D eigenvalue weighted by Crippen LogP contribution is 2.43. The van der Waals surface area contributed by atoms with E-state index in [4.69, 9.17) is 5.11 Å². The number of hydrogen-bond donors (Lipinski definition) is 2. The molecule has 1 fully saturated rings. The quantitative estimate of drug-likeness (QED) is 0.739. The summed E-state index contributed by atoms with van der Waals surface area (Å²) in [6.07, 6.45) is -2.21. The lowest BCUT2D eigenvalue weighted by atomic mass is 9.66. The van der Waals surface area contributed by atoms with E-state index in [-0.39, 0.29) is 13.0 Å². The fourth-order valence-corrected chi connectivity index (χ4v) is 2.01. The van der Waals surface area contributed by atoms with Crippen LogP contribution in [0.2, 0.25) is 0 Å². The number of aliphatic carboxylic acids is 1. The molecule has 1 rings (SSSR count). The number of hydrogen-bond acceptors (Lipinski definition) is 3. The van der Waals surface area contributed by atoms with Gasteiger partial charge in [-0.05, 0) is 18.3 Å². The third kappa shape index (κ3) is 5.91. The van der Waals surface area contributed by atoms with E-state index in [0.717, 1.165) is 6.42 Å². The van der Waals surface area contributed by atoms with E-state index in [0.29, 0.717) is 12.8 Å². The van der Waals surface area contributed by atoms with Crippen molar-refractivity contribution in [2.75, 3.05) is 19.8 Å². The van der Waals surface area contributed by atoms with Gasteiger partial charge in [-0.25, -0.2) is 0 Å². The first-order valence-electron chi connectivity index (χ1n) is 5.85. The summed E-state index contributed by atoms with van der Waals surface area (Å²) in [5, 5.41) is 11.2. The fourth-order valence-electron chi connectivity index (χ4n) is 2.01. The standard InChI is InChI=1S/C11H16F3NO4/c12-11(13,14)7-19-5-8(16)15-6-10(2-1-3-10)4-9(17)18/h1-7H2,(H,15,16)(H,17,18). The molecular formula is C11H16F3NO4. The van der Waals surface area contributed by atoms with Crippen molar-refractivity contribution in [2.24, 2.45) is 5.41 Å². The first-order chi connectivity index (χ1) is 8.72. The summed E-state index contributed by atoms with van der Waals surface area (Å²) in [6, 6.07) is 0. The Hall–Kier alpha value is -1.31. The van der Waals surface area contributed by atoms with Gasteiger partial charge in [0.15, 0.2) is 0 Å². The van der Waals surface area contributed by atoms with Crippen LogP contribution in [0.3, 0.4) is 0 Å². The predicted molar refractivity (Wildman–Crippen MR) is 58.4 cm³/mol. The van der Waals surface area contributed by atoms with Crippen LogP contribution in [0, 0.1) is 5.41 Å². The second-order valence-corrected chi connectivity index (χ2v) is 4.81. The van der Waals surface area contributed by atoms with Crippen molar-refractivity contribution in [1.82, 2.24) is 5.32 Å². The number of carbonyl (C=O) groups excluding carboxylic acids is 1. The molecule has 1 aliphatic rings. The average molecular weight is 283 g/mol. The summed E-state index contributed by atoms with van der Waals surface area (Å²) in [7, 11) is 0. The van der Waals surface area contributed by atoms with Crippen molar-refractivity contribution in [3.05, 3.63) is 0 Å². The molecule has 0 radical (unpaired) electrons. The summed E-state index contributed by atoms with van der Waals surface area (Å²) in [5.41, 5.74) is -0.453. The Bertz CT molecular complexity index is 339. The van der Waals surface area contributed by atoms with Crippen LogP contribution in [0.1, 0.15) is 25.7 Å². The summed E-state index contributed by atoms with van der Waals surface area (Å²) < 4.78 is 39.5. The van der Waals surface area contributed by atoms with Gasteiger partial charge in [-0.2, -0.15) is 13.2 Å².